The lowest BCUT2D eigenvalue weighted by Crippen LogP contribution is -2.32. The maximum Gasteiger partial charge on any atom is 0.141 e. The normalized spacial score (nSPS) is 19.9. The van der Waals surface area contributed by atoms with Gasteiger partial charge >= 0.3 is 0 Å². The van der Waals surface area contributed by atoms with Crippen molar-refractivity contribution in [3.63, 3.8) is 0 Å². The monoisotopic (exact) mass is 522 g/mol. The van der Waals surface area contributed by atoms with E-state index in [1.165, 1.54) is 27.3 Å². The van der Waals surface area contributed by atoms with Crippen LogP contribution < -0.4 is 0 Å². The molecule has 4 aromatic rings. The Morgan fingerprint density at radius 2 is 0.838 bits per heavy atom. The average molecular weight is 523 g/mol. The molecular formula is C34H34OS2. The second kappa shape index (κ2) is 13.2. The van der Waals surface area contributed by atoms with Gasteiger partial charge in [0.15, 0.2) is 0 Å². The predicted molar refractivity (Wildman–Crippen MR) is 158 cm³/mol. The Morgan fingerprint density at radius 3 is 1.22 bits per heavy atom. The molecule has 4 unspecified atom stereocenters. The van der Waals surface area contributed by atoms with Crippen molar-refractivity contribution in [1.29, 1.82) is 0 Å². The molecule has 1 aliphatic carbocycles. The van der Waals surface area contributed by atoms with E-state index in [0.29, 0.717) is 5.78 Å². The first-order chi connectivity index (χ1) is 18.3. The summed E-state index contributed by atoms with van der Waals surface area (Å²) in [7, 11) is 0. The quantitative estimate of drug-likeness (QED) is 0.214. The number of thioether (sulfide) groups is 2. The van der Waals surface area contributed by atoms with Crippen molar-refractivity contribution in [3.8, 4) is 0 Å². The SMILES string of the molecule is O=C1C(C(Sc2ccccc2)c2ccccc2)CCCCCC1C(Sc1ccccc1)c1ccccc1. The molecule has 5 rings (SSSR count). The fourth-order valence-electron chi connectivity index (χ4n) is 5.41. The van der Waals surface area contributed by atoms with Crippen LogP contribution in [0.3, 0.4) is 0 Å². The summed E-state index contributed by atoms with van der Waals surface area (Å²) < 4.78 is 0. The van der Waals surface area contributed by atoms with Gasteiger partial charge in [-0.25, -0.2) is 0 Å². The highest BCUT2D eigenvalue weighted by Crippen LogP contribution is 2.50. The first-order valence-electron chi connectivity index (χ1n) is 13.4. The molecule has 0 N–H and O–H groups in total. The third kappa shape index (κ3) is 6.77. The van der Waals surface area contributed by atoms with Gasteiger partial charge in [-0.3, -0.25) is 4.79 Å². The van der Waals surface area contributed by atoms with Crippen molar-refractivity contribution in [3.05, 3.63) is 132 Å². The van der Waals surface area contributed by atoms with Crippen LogP contribution in [0.1, 0.15) is 53.7 Å². The van der Waals surface area contributed by atoms with Gasteiger partial charge in [0, 0.05) is 32.1 Å². The van der Waals surface area contributed by atoms with Gasteiger partial charge in [-0.1, -0.05) is 116 Å². The number of rotatable bonds is 8. The van der Waals surface area contributed by atoms with Crippen LogP contribution in [0.25, 0.3) is 0 Å². The summed E-state index contributed by atoms with van der Waals surface area (Å²) in [5.74, 6) is 0.412. The summed E-state index contributed by atoms with van der Waals surface area (Å²) in [6.07, 6.45) is 5.32. The Balaban J connectivity index is 1.52. The van der Waals surface area contributed by atoms with Crippen LogP contribution in [0.2, 0.25) is 0 Å². The maximum absolute atomic E-state index is 14.7. The zero-order chi connectivity index (χ0) is 25.3. The van der Waals surface area contributed by atoms with Crippen molar-refractivity contribution < 1.29 is 4.79 Å². The molecule has 0 amide bonds. The van der Waals surface area contributed by atoms with Crippen molar-refractivity contribution in [2.75, 3.05) is 0 Å². The first-order valence-corrected chi connectivity index (χ1v) is 15.1. The van der Waals surface area contributed by atoms with E-state index in [-0.39, 0.29) is 22.3 Å². The minimum Gasteiger partial charge on any atom is -0.299 e. The van der Waals surface area contributed by atoms with Crippen molar-refractivity contribution in [1.82, 2.24) is 0 Å². The van der Waals surface area contributed by atoms with Crippen LogP contribution in [0.15, 0.2) is 131 Å². The largest absolute Gasteiger partial charge is 0.299 e. The molecular weight excluding hydrogens is 489 g/mol. The Morgan fingerprint density at radius 1 is 0.486 bits per heavy atom. The van der Waals surface area contributed by atoms with Crippen molar-refractivity contribution in [2.24, 2.45) is 11.8 Å². The van der Waals surface area contributed by atoms with Gasteiger partial charge in [-0.15, -0.1) is 23.5 Å². The van der Waals surface area contributed by atoms with Crippen molar-refractivity contribution in [2.45, 2.75) is 52.4 Å². The molecule has 4 atom stereocenters. The lowest BCUT2D eigenvalue weighted by molar-refractivity contribution is -0.127. The summed E-state index contributed by atoms with van der Waals surface area (Å²) in [6, 6.07) is 42.5. The third-order valence-electron chi connectivity index (χ3n) is 7.26. The van der Waals surface area contributed by atoms with Gasteiger partial charge in [0.1, 0.15) is 5.78 Å². The van der Waals surface area contributed by atoms with Crippen LogP contribution in [-0.2, 0) is 4.79 Å². The number of ketones is 1. The molecule has 188 valence electrons. The van der Waals surface area contributed by atoms with Crippen LogP contribution in [0.4, 0.5) is 0 Å². The number of carbonyl (C=O) groups is 1. The van der Waals surface area contributed by atoms with Gasteiger partial charge in [0.05, 0.1) is 0 Å². The number of benzene rings is 4. The zero-order valence-electron chi connectivity index (χ0n) is 21.1. The van der Waals surface area contributed by atoms with E-state index < -0.39 is 0 Å². The molecule has 37 heavy (non-hydrogen) atoms. The average Bonchev–Trinajstić information content (AvgIpc) is 2.96. The second-order valence-corrected chi connectivity index (χ2v) is 12.2. The van der Waals surface area contributed by atoms with Crippen molar-refractivity contribution >= 4 is 29.3 Å². The van der Waals surface area contributed by atoms with Crippen LogP contribution in [-0.4, -0.2) is 5.78 Å². The smallest absolute Gasteiger partial charge is 0.141 e. The molecule has 1 aliphatic rings. The molecule has 0 bridgehead atoms. The standard InChI is InChI=1S/C34H34OS2/c35-32-30(33(26-16-6-1-7-17-26)36-28-20-10-3-11-21-28)24-14-5-15-25-31(32)34(27-18-8-2-9-19-27)37-29-22-12-4-13-23-29/h1-4,6-13,16-23,30-31,33-34H,5,14-15,24-25H2. The zero-order valence-corrected chi connectivity index (χ0v) is 22.7. The highest BCUT2D eigenvalue weighted by Gasteiger charge is 2.39. The van der Waals surface area contributed by atoms with Gasteiger partial charge in [-0.05, 0) is 48.2 Å². The Kier molecular flexibility index (Phi) is 9.21. The van der Waals surface area contributed by atoms with E-state index in [9.17, 15) is 4.79 Å². The van der Waals surface area contributed by atoms with E-state index in [2.05, 4.69) is 121 Å². The molecule has 1 fully saturated rings. The molecule has 0 saturated heterocycles. The Labute approximate surface area is 230 Å². The summed E-state index contributed by atoms with van der Waals surface area (Å²) >= 11 is 3.71. The molecule has 1 saturated carbocycles. The summed E-state index contributed by atoms with van der Waals surface area (Å²) in [4.78, 5) is 17.1. The van der Waals surface area contributed by atoms with E-state index in [1.807, 2.05) is 23.5 Å². The summed E-state index contributed by atoms with van der Waals surface area (Å²) in [5.41, 5.74) is 2.50. The van der Waals surface area contributed by atoms with Crippen LogP contribution in [0.5, 0.6) is 0 Å². The van der Waals surface area contributed by atoms with E-state index >= 15 is 0 Å². The first kappa shape index (κ1) is 25.9. The fraction of sp³-hybridized carbons (Fsp3) is 0.265. The summed E-state index contributed by atoms with van der Waals surface area (Å²) in [6.45, 7) is 0. The molecule has 0 radical (unpaired) electrons. The lowest BCUT2D eigenvalue weighted by atomic mass is 9.77. The number of carbonyl (C=O) groups excluding carboxylic acids is 1. The molecule has 0 aromatic heterocycles. The Hall–Kier alpha value is -2.75. The fourth-order valence-corrected chi connectivity index (χ4v) is 8.08. The number of hydrogen-bond acceptors (Lipinski definition) is 3. The molecule has 0 aliphatic heterocycles. The minimum atomic E-state index is -0.0134. The molecule has 1 nitrogen and oxygen atoms in total. The van der Waals surface area contributed by atoms with E-state index in [1.54, 1.807) is 0 Å². The molecule has 0 spiro atoms. The lowest BCUT2D eigenvalue weighted by Gasteiger charge is -2.35. The number of Topliss-reactive ketones (excluding diaryl/α,β-unsaturated/α-hetero) is 1. The topological polar surface area (TPSA) is 17.1 Å². The van der Waals surface area contributed by atoms with Gasteiger partial charge in [0.2, 0.25) is 0 Å². The second-order valence-electron chi connectivity index (χ2n) is 9.78. The highest BCUT2D eigenvalue weighted by atomic mass is 32.2. The summed E-state index contributed by atoms with van der Waals surface area (Å²) in [5, 5.41) is 0.213. The van der Waals surface area contributed by atoms with Crippen LogP contribution >= 0.6 is 23.5 Å². The van der Waals surface area contributed by atoms with Gasteiger partial charge in [0.25, 0.3) is 0 Å². The third-order valence-corrected chi connectivity index (χ3v) is 10.1. The molecule has 0 heterocycles. The molecule has 3 heteroatoms. The molecule has 4 aromatic carbocycles. The van der Waals surface area contributed by atoms with Gasteiger partial charge in [-0.2, -0.15) is 0 Å². The maximum atomic E-state index is 14.7. The highest BCUT2D eigenvalue weighted by molar-refractivity contribution is 7.99. The van der Waals surface area contributed by atoms with E-state index in [0.717, 1.165) is 25.7 Å². The predicted octanol–water partition coefficient (Wildman–Crippen LogP) is 9.82. The Bertz CT molecular complexity index is 1130. The minimum absolute atomic E-state index is 0.0134. The van der Waals surface area contributed by atoms with Gasteiger partial charge < -0.3 is 0 Å². The van der Waals surface area contributed by atoms with Crippen LogP contribution in [0, 0.1) is 11.8 Å². The van der Waals surface area contributed by atoms with E-state index in [4.69, 9.17) is 0 Å². The number of hydrogen-bond donors (Lipinski definition) is 0.